The molecule has 0 amide bonds. The predicted octanol–water partition coefficient (Wildman–Crippen LogP) is 3.07. The molecule has 1 saturated carbocycles. The Labute approximate surface area is 115 Å². The number of hydrogen-bond acceptors (Lipinski definition) is 2. The fourth-order valence-corrected chi connectivity index (χ4v) is 4.39. The molecule has 0 aromatic rings. The Hall–Kier alpha value is -0.280. The third kappa shape index (κ3) is 2.53. The normalized spacial score (nSPS) is 37.2. The summed E-state index contributed by atoms with van der Waals surface area (Å²) in [6, 6.07) is 1.94. The van der Waals surface area contributed by atoms with Crippen LogP contribution in [0.15, 0.2) is 0 Å². The lowest BCUT2D eigenvalue weighted by Gasteiger charge is -2.44. The lowest BCUT2D eigenvalue weighted by Crippen LogP contribution is -2.50. The van der Waals surface area contributed by atoms with Crippen LogP contribution in [0.3, 0.4) is 0 Å². The summed E-state index contributed by atoms with van der Waals surface area (Å²) >= 11 is 0. The zero-order valence-corrected chi connectivity index (χ0v) is 11.7. The van der Waals surface area contributed by atoms with E-state index in [1.807, 2.05) is 0 Å². The molecule has 2 heterocycles. The molecule has 0 spiro atoms. The van der Waals surface area contributed by atoms with Crippen LogP contribution >= 0.6 is 12.4 Å². The van der Waals surface area contributed by atoms with E-state index in [0.717, 1.165) is 18.9 Å². The van der Waals surface area contributed by atoms with Gasteiger partial charge in [0, 0.05) is 18.1 Å². The van der Waals surface area contributed by atoms with E-state index in [1.165, 1.54) is 44.9 Å². The summed E-state index contributed by atoms with van der Waals surface area (Å²) in [5, 5.41) is 9.18. The Morgan fingerprint density at radius 3 is 1.94 bits per heavy atom. The van der Waals surface area contributed by atoms with Crippen LogP contribution < -0.4 is 0 Å². The number of aliphatic carboxylic acids is 1. The highest BCUT2D eigenvalue weighted by molar-refractivity contribution is 5.85. The third-order valence-corrected chi connectivity index (χ3v) is 5.14. The summed E-state index contributed by atoms with van der Waals surface area (Å²) in [6.45, 7) is 0. The minimum absolute atomic E-state index is 0. The van der Waals surface area contributed by atoms with Crippen molar-refractivity contribution in [1.82, 2.24) is 4.90 Å². The van der Waals surface area contributed by atoms with E-state index >= 15 is 0 Å². The Bertz CT molecular complexity index is 290. The van der Waals surface area contributed by atoms with Crippen molar-refractivity contribution in [2.24, 2.45) is 5.92 Å². The predicted molar refractivity (Wildman–Crippen MR) is 73.1 cm³/mol. The van der Waals surface area contributed by atoms with Crippen molar-refractivity contribution in [2.75, 3.05) is 0 Å². The van der Waals surface area contributed by atoms with Gasteiger partial charge in [0.05, 0.1) is 5.92 Å². The second-order valence-electron chi connectivity index (χ2n) is 6.13. The van der Waals surface area contributed by atoms with Crippen molar-refractivity contribution in [1.29, 1.82) is 0 Å². The first-order valence-corrected chi connectivity index (χ1v) is 7.26. The molecular formula is C14H24ClNO2. The highest BCUT2D eigenvalue weighted by Crippen LogP contribution is 2.42. The number of hydrogen-bond donors (Lipinski definition) is 1. The number of fused-ring (bicyclic) bond motifs is 2. The first kappa shape index (κ1) is 14.1. The first-order chi connectivity index (χ1) is 8.25. The highest BCUT2D eigenvalue weighted by atomic mass is 35.5. The first-order valence-electron chi connectivity index (χ1n) is 7.26. The van der Waals surface area contributed by atoms with Gasteiger partial charge in [0.1, 0.15) is 0 Å². The molecule has 1 N–H and O–H groups in total. The molecule has 0 aromatic carbocycles. The van der Waals surface area contributed by atoms with Gasteiger partial charge in [-0.3, -0.25) is 9.69 Å². The molecule has 1 aliphatic carbocycles. The smallest absolute Gasteiger partial charge is 0.306 e. The molecule has 2 saturated heterocycles. The molecule has 3 aliphatic rings. The van der Waals surface area contributed by atoms with Gasteiger partial charge in [-0.1, -0.05) is 19.3 Å². The number of halogens is 1. The lowest BCUT2D eigenvalue weighted by molar-refractivity contribution is -0.144. The molecule has 3 rings (SSSR count). The van der Waals surface area contributed by atoms with E-state index in [0.29, 0.717) is 12.1 Å². The highest BCUT2D eigenvalue weighted by Gasteiger charge is 2.45. The fourth-order valence-electron chi connectivity index (χ4n) is 4.39. The zero-order valence-electron chi connectivity index (χ0n) is 10.9. The maximum absolute atomic E-state index is 11.1. The summed E-state index contributed by atoms with van der Waals surface area (Å²) in [5.41, 5.74) is 0. The second kappa shape index (κ2) is 5.79. The minimum Gasteiger partial charge on any atom is -0.481 e. The SMILES string of the molecule is Cl.O=C(O)C1CC2CCC(C1)N2C1CCCCC1. The molecule has 3 fully saturated rings. The van der Waals surface area contributed by atoms with Crippen LogP contribution in [0.5, 0.6) is 0 Å². The van der Waals surface area contributed by atoms with Crippen molar-refractivity contribution in [3.8, 4) is 0 Å². The van der Waals surface area contributed by atoms with Gasteiger partial charge >= 0.3 is 5.97 Å². The van der Waals surface area contributed by atoms with E-state index in [-0.39, 0.29) is 18.3 Å². The fraction of sp³-hybridized carbons (Fsp3) is 0.929. The average molecular weight is 274 g/mol. The van der Waals surface area contributed by atoms with E-state index < -0.39 is 5.97 Å². The molecule has 2 aliphatic heterocycles. The number of carboxylic acids is 1. The van der Waals surface area contributed by atoms with Crippen LogP contribution in [-0.4, -0.2) is 34.1 Å². The van der Waals surface area contributed by atoms with Gasteiger partial charge in [-0.15, -0.1) is 12.4 Å². The van der Waals surface area contributed by atoms with Gasteiger partial charge in [0.25, 0.3) is 0 Å². The van der Waals surface area contributed by atoms with Crippen molar-refractivity contribution in [2.45, 2.75) is 75.9 Å². The van der Waals surface area contributed by atoms with Crippen molar-refractivity contribution < 1.29 is 9.90 Å². The summed E-state index contributed by atoms with van der Waals surface area (Å²) in [4.78, 5) is 13.9. The number of rotatable bonds is 2. The monoisotopic (exact) mass is 273 g/mol. The van der Waals surface area contributed by atoms with Crippen LogP contribution in [-0.2, 0) is 4.79 Å². The Kier molecular flexibility index (Phi) is 4.54. The lowest BCUT2D eigenvalue weighted by atomic mass is 9.86. The van der Waals surface area contributed by atoms with Crippen LogP contribution in [0.25, 0.3) is 0 Å². The van der Waals surface area contributed by atoms with Gasteiger partial charge in [0.2, 0.25) is 0 Å². The van der Waals surface area contributed by atoms with E-state index in [2.05, 4.69) is 4.90 Å². The summed E-state index contributed by atoms with van der Waals surface area (Å²) < 4.78 is 0. The minimum atomic E-state index is -0.565. The number of piperidine rings is 1. The van der Waals surface area contributed by atoms with Crippen LogP contribution in [0.4, 0.5) is 0 Å². The summed E-state index contributed by atoms with van der Waals surface area (Å²) in [6.07, 6.45) is 11.2. The molecule has 4 heteroatoms. The van der Waals surface area contributed by atoms with Gasteiger partial charge < -0.3 is 5.11 Å². The Morgan fingerprint density at radius 1 is 0.889 bits per heavy atom. The number of carboxylic acid groups (broad SMARTS) is 1. The van der Waals surface area contributed by atoms with E-state index in [9.17, 15) is 9.90 Å². The Balaban J connectivity index is 0.00000120. The second-order valence-corrected chi connectivity index (χ2v) is 6.13. The maximum atomic E-state index is 11.1. The molecule has 2 bridgehead atoms. The number of carbonyl (C=O) groups is 1. The number of nitrogens with zero attached hydrogens (tertiary/aromatic N) is 1. The van der Waals surface area contributed by atoms with Gasteiger partial charge in [0.15, 0.2) is 0 Å². The molecule has 104 valence electrons. The van der Waals surface area contributed by atoms with E-state index in [4.69, 9.17) is 0 Å². The van der Waals surface area contributed by atoms with Crippen molar-refractivity contribution in [3.05, 3.63) is 0 Å². The van der Waals surface area contributed by atoms with Crippen LogP contribution in [0, 0.1) is 5.92 Å². The molecule has 18 heavy (non-hydrogen) atoms. The molecule has 3 nitrogen and oxygen atoms in total. The summed E-state index contributed by atoms with van der Waals surface area (Å²) in [7, 11) is 0. The van der Waals surface area contributed by atoms with E-state index in [1.54, 1.807) is 0 Å². The molecule has 2 atom stereocenters. The van der Waals surface area contributed by atoms with Crippen molar-refractivity contribution in [3.63, 3.8) is 0 Å². The summed E-state index contributed by atoms with van der Waals surface area (Å²) in [5.74, 6) is -0.627. The van der Waals surface area contributed by atoms with Gasteiger partial charge in [-0.05, 0) is 38.5 Å². The quantitative estimate of drug-likeness (QED) is 0.841. The van der Waals surface area contributed by atoms with Crippen LogP contribution in [0.2, 0.25) is 0 Å². The van der Waals surface area contributed by atoms with Gasteiger partial charge in [-0.25, -0.2) is 0 Å². The van der Waals surface area contributed by atoms with Crippen LogP contribution in [0.1, 0.15) is 57.8 Å². The molecule has 2 unspecified atom stereocenters. The topological polar surface area (TPSA) is 40.5 Å². The van der Waals surface area contributed by atoms with Crippen molar-refractivity contribution >= 4 is 18.4 Å². The Morgan fingerprint density at radius 2 is 1.44 bits per heavy atom. The molecule has 0 radical (unpaired) electrons. The molecule has 0 aromatic heterocycles. The zero-order chi connectivity index (χ0) is 11.8. The third-order valence-electron chi connectivity index (χ3n) is 5.14. The maximum Gasteiger partial charge on any atom is 0.306 e. The standard InChI is InChI=1S/C14H23NO2.ClH/c16-14(17)10-8-12-6-7-13(9-10)15(12)11-4-2-1-3-5-11;/h10-13H,1-9H2,(H,16,17);1H. The van der Waals surface area contributed by atoms with Gasteiger partial charge in [-0.2, -0.15) is 0 Å². The largest absolute Gasteiger partial charge is 0.481 e. The average Bonchev–Trinajstić information content (AvgIpc) is 2.60. The molecular weight excluding hydrogens is 250 g/mol.